The molecule has 1 fully saturated rings. The summed E-state index contributed by atoms with van der Waals surface area (Å²) in [5.41, 5.74) is 3.63. The summed E-state index contributed by atoms with van der Waals surface area (Å²) in [5.74, 6) is 0.701. The van der Waals surface area contributed by atoms with E-state index < -0.39 is 0 Å². The van der Waals surface area contributed by atoms with E-state index >= 15 is 0 Å². The van der Waals surface area contributed by atoms with Crippen molar-refractivity contribution < 1.29 is 0 Å². The number of aromatic nitrogens is 2. The highest BCUT2D eigenvalue weighted by Crippen LogP contribution is 2.39. The molecule has 0 saturated heterocycles. The Balaban J connectivity index is 1.75. The van der Waals surface area contributed by atoms with Crippen molar-refractivity contribution in [1.82, 2.24) is 15.1 Å². The molecule has 1 aliphatic rings. The van der Waals surface area contributed by atoms with E-state index in [-0.39, 0.29) is 0 Å². The van der Waals surface area contributed by atoms with Gasteiger partial charge in [-0.25, -0.2) is 4.68 Å². The van der Waals surface area contributed by atoms with Gasteiger partial charge in [-0.05, 0) is 65.5 Å². The van der Waals surface area contributed by atoms with Crippen LogP contribution < -0.4 is 5.32 Å². The highest BCUT2D eigenvalue weighted by molar-refractivity contribution is 9.10. The topological polar surface area (TPSA) is 29.9 Å². The van der Waals surface area contributed by atoms with Gasteiger partial charge in [-0.15, -0.1) is 0 Å². The maximum Gasteiger partial charge on any atom is 0.0787 e. The Morgan fingerprint density at radius 2 is 2.20 bits per heavy atom. The summed E-state index contributed by atoms with van der Waals surface area (Å²) in [4.78, 5) is 0. The van der Waals surface area contributed by atoms with Crippen molar-refractivity contribution in [2.24, 2.45) is 0 Å². The van der Waals surface area contributed by atoms with Crippen molar-refractivity contribution in [1.29, 1.82) is 0 Å². The Morgan fingerprint density at radius 3 is 2.90 bits per heavy atom. The predicted molar refractivity (Wildman–Crippen MR) is 85.2 cm³/mol. The van der Waals surface area contributed by atoms with E-state index in [9.17, 15) is 0 Å². The lowest BCUT2D eigenvalue weighted by molar-refractivity contribution is 0.675. The van der Waals surface area contributed by atoms with Gasteiger partial charge in [0.1, 0.15) is 0 Å². The molecule has 0 atom stereocenters. The van der Waals surface area contributed by atoms with Crippen LogP contribution in [0, 0.1) is 0 Å². The molecular weight excluding hydrogens is 314 g/mol. The Morgan fingerprint density at radius 1 is 1.35 bits per heavy atom. The third kappa shape index (κ3) is 3.13. The molecule has 3 rings (SSSR count). The molecule has 1 heterocycles. The molecule has 0 aliphatic heterocycles. The minimum atomic E-state index is 0.701. The molecule has 4 heteroatoms. The second-order valence-corrected chi connectivity index (χ2v) is 6.28. The summed E-state index contributed by atoms with van der Waals surface area (Å²) >= 11 is 3.67. The lowest BCUT2D eigenvalue weighted by Gasteiger charge is -2.08. The van der Waals surface area contributed by atoms with Crippen LogP contribution in [0.15, 0.2) is 34.9 Å². The normalized spacial score (nSPS) is 14.7. The van der Waals surface area contributed by atoms with E-state index in [0.717, 1.165) is 29.7 Å². The van der Waals surface area contributed by atoms with Crippen molar-refractivity contribution >= 4 is 15.9 Å². The van der Waals surface area contributed by atoms with E-state index in [1.807, 2.05) is 4.68 Å². The predicted octanol–water partition coefficient (Wildman–Crippen LogP) is 4.01. The van der Waals surface area contributed by atoms with Crippen LogP contribution in [0.4, 0.5) is 0 Å². The standard InChI is InChI=1S/C16H20BrN3/c1-2-8-18-11-12-3-6-16(14(17)10-12)20-9-7-15(19-20)13-4-5-13/h3,6-7,9-10,13,18H,2,4-5,8,11H2,1H3. The maximum atomic E-state index is 4.68. The van der Waals surface area contributed by atoms with Gasteiger partial charge in [-0.2, -0.15) is 5.10 Å². The van der Waals surface area contributed by atoms with E-state index in [0.29, 0.717) is 5.92 Å². The summed E-state index contributed by atoms with van der Waals surface area (Å²) in [7, 11) is 0. The van der Waals surface area contributed by atoms with E-state index in [1.54, 1.807) is 0 Å². The minimum Gasteiger partial charge on any atom is -0.313 e. The third-order valence-corrected chi connectivity index (χ3v) is 4.26. The lowest BCUT2D eigenvalue weighted by Crippen LogP contribution is -2.13. The number of hydrogen-bond donors (Lipinski definition) is 1. The van der Waals surface area contributed by atoms with Gasteiger partial charge in [0.2, 0.25) is 0 Å². The summed E-state index contributed by atoms with van der Waals surface area (Å²) in [6, 6.07) is 8.62. The molecule has 0 bridgehead atoms. The Labute approximate surface area is 128 Å². The zero-order chi connectivity index (χ0) is 13.9. The van der Waals surface area contributed by atoms with Crippen LogP contribution in [-0.2, 0) is 6.54 Å². The lowest BCUT2D eigenvalue weighted by atomic mass is 10.2. The molecule has 0 spiro atoms. The van der Waals surface area contributed by atoms with Crippen molar-refractivity contribution in [3.63, 3.8) is 0 Å². The van der Waals surface area contributed by atoms with Gasteiger partial charge >= 0.3 is 0 Å². The highest BCUT2D eigenvalue weighted by Gasteiger charge is 2.26. The quantitative estimate of drug-likeness (QED) is 0.809. The van der Waals surface area contributed by atoms with Gasteiger partial charge in [-0.1, -0.05) is 13.0 Å². The van der Waals surface area contributed by atoms with Crippen molar-refractivity contribution in [2.75, 3.05) is 6.54 Å². The van der Waals surface area contributed by atoms with Crippen LogP contribution in [0.25, 0.3) is 5.69 Å². The fraction of sp³-hybridized carbons (Fsp3) is 0.438. The zero-order valence-electron chi connectivity index (χ0n) is 11.8. The molecule has 1 saturated carbocycles. The SMILES string of the molecule is CCCNCc1ccc(-n2ccc(C3CC3)n2)c(Br)c1. The van der Waals surface area contributed by atoms with Crippen LogP contribution in [0.2, 0.25) is 0 Å². The van der Waals surface area contributed by atoms with E-state index in [1.165, 1.54) is 24.1 Å². The monoisotopic (exact) mass is 333 g/mol. The Hall–Kier alpha value is -1.13. The number of halogens is 1. The molecule has 0 unspecified atom stereocenters. The van der Waals surface area contributed by atoms with Gasteiger partial charge in [0.05, 0.1) is 11.4 Å². The molecule has 3 nitrogen and oxygen atoms in total. The van der Waals surface area contributed by atoms with Crippen LogP contribution in [0.1, 0.15) is 43.4 Å². The molecule has 1 aromatic heterocycles. The number of benzene rings is 1. The number of nitrogens with zero attached hydrogens (tertiary/aromatic N) is 2. The smallest absolute Gasteiger partial charge is 0.0787 e. The number of hydrogen-bond acceptors (Lipinski definition) is 2. The molecule has 20 heavy (non-hydrogen) atoms. The average Bonchev–Trinajstić information content (AvgIpc) is 3.18. The summed E-state index contributed by atoms with van der Waals surface area (Å²) in [5, 5.41) is 8.10. The summed E-state index contributed by atoms with van der Waals surface area (Å²) in [6.07, 6.45) is 5.81. The third-order valence-electron chi connectivity index (χ3n) is 3.62. The molecule has 0 amide bonds. The summed E-state index contributed by atoms with van der Waals surface area (Å²) in [6.45, 7) is 4.16. The van der Waals surface area contributed by atoms with E-state index in [4.69, 9.17) is 0 Å². The number of rotatable bonds is 6. The van der Waals surface area contributed by atoms with Crippen molar-refractivity contribution in [3.05, 3.63) is 46.2 Å². The number of nitrogens with one attached hydrogen (secondary N) is 1. The molecule has 106 valence electrons. The Kier molecular flexibility index (Phi) is 4.22. The van der Waals surface area contributed by atoms with Gasteiger partial charge in [0, 0.05) is 23.1 Å². The van der Waals surface area contributed by atoms with Crippen LogP contribution >= 0.6 is 15.9 Å². The molecule has 1 aliphatic carbocycles. The fourth-order valence-corrected chi connectivity index (χ4v) is 2.93. The van der Waals surface area contributed by atoms with Crippen molar-refractivity contribution in [2.45, 2.75) is 38.6 Å². The fourth-order valence-electron chi connectivity index (χ4n) is 2.32. The molecule has 2 aromatic rings. The second kappa shape index (κ2) is 6.10. The van der Waals surface area contributed by atoms with Crippen LogP contribution in [0.5, 0.6) is 0 Å². The van der Waals surface area contributed by atoms with Gasteiger partial charge < -0.3 is 5.32 Å². The van der Waals surface area contributed by atoms with Crippen LogP contribution in [-0.4, -0.2) is 16.3 Å². The largest absolute Gasteiger partial charge is 0.313 e. The molecule has 1 aromatic carbocycles. The molecular formula is C16H20BrN3. The van der Waals surface area contributed by atoms with Crippen molar-refractivity contribution in [3.8, 4) is 5.69 Å². The first-order valence-corrected chi connectivity index (χ1v) is 8.12. The maximum absolute atomic E-state index is 4.68. The van der Waals surface area contributed by atoms with Gasteiger partial charge in [-0.3, -0.25) is 0 Å². The molecule has 1 N–H and O–H groups in total. The molecule has 0 radical (unpaired) electrons. The zero-order valence-corrected chi connectivity index (χ0v) is 13.4. The Bertz CT molecular complexity index is 587. The minimum absolute atomic E-state index is 0.701. The first-order chi connectivity index (χ1) is 9.78. The average molecular weight is 334 g/mol. The first kappa shape index (κ1) is 13.8. The first-order valence-electron chi connectivity index (χ1n) is 7.33. The van der Waals surface area contributed by atoms with Crippen LogP contribution in [0.3, 0.4) is 0 Å². The van der Waals surface area contributed by atoms with Gasteiger partial charge in [0.15, 0.2) is 0 Å². The second-order valence-electron chi connectivity index (χ2n) is 5.42. The van der Waals surface area contributed by atoms with Gasteiger partial charge in [0.25, 0.3) is 0 Å². The highest BCUT2D eigenvalue weighted by atomic mass is 79.9. The van der Waals surface area contributed by atoms with E-state index in [2.05, 4.69) is 63.7 Å². The summed E-state index contributed by atoms with van der Waals surface area (Å²) < 4.78 is 3.07.